The molecule has 1 aliphatic heterocycles. The zero-order valence-corrected chi connectivity index (χ0v) is 20.6. The molecule has 3 aromatic heterocycles. The molecule has 2 saturated carbocycles. The quantitative estimate of drug-likeness (QED) is 0.494. The molecule has 35 heavy (non-hydrogen) atoms. The van der Waals surface area contributed by atoms with Gasteiger partial charge in [-0.25, -0.2) is 19.7 Å². The molecule has 2 aliphatic carbocycles. The van der Waals surface area contributed by atoms with Crippen LogP contribution in [0.2, 0.25) is 0 Å². The Kier molecular flexibility index (Phi) is 4.84. The minimum absolute atomic E-state index is 0.235. The van der Waals surface area contributed by atoms with E-state index in [0.29, 0.717) is 29.0 Å². The number of nitrogens with zero attached hydrogens (tertiary/aromatic N) is 3. The molecule has 8 nitrogen and oxygen atoms in total. The average molecular weight is 474 g/mol. The molecule has 8 heteroatoms. The van der Waals surface area contributed by atoms with E-state index in [2.05, 4.69) is 22.2 Å². The van der Waals surface area contributed by atoms with Crippen LogP contribution in [0, 0.1) is 5.92 Å². The van der Waals surface area contributed by atoms with E-state index in [-0.39, 0.29) is 18.2 Å². The summed E-state index contributed by atoms with van der Waals surface area (Å²) in [6.45, 7) is 8.06. The van der Waals surface area contributed by atoms with Crippen LogP contribution in [0.15, 0.2) is 30.6 Å². The maximum Gasteiger partial charge on any atom is 0.340 e. The maximum atomic E-state index is 12.4. The molecule has 182 valence electrons. The van der Waals surface area contributed by atoms with Crippen LogP contribution in [-0.2, 0) is 15.7 Å². The highest BCUT2D eigenvalue weighted by Crippen LogP contribution is 2.46. The molecule has 2 atom stereocenters. The molecule has 4 heterocycles. The second-order valence-electron chi connectivity index (χ2n) is 11.0. The number of carbonyl (C=O) groups excluding carboxylic acids is 1. The Hall–Kier alpha value is -3.26. The lowest BCUT2D eigenvalue weighted by atomic mass is 9.79. The number of carbonyl (C=O) groups is 1. The third-order valence-electron chi connectivity index (χ3n) is 7.83. The van der Waals surface area contributed by atoms with Crippen molar-refractivity contribution in [3.05, 3.63) is 47.4 Å². The fraction of sp³-hybridized carbons (Fsp3) is 0.481. The van der Waals surface area contributed by atoms with Gasteiger partial charge in [-0.15, -0.1) is 0 Å². The Morgan fingerprint density at radius 1 is 1.11 bits per heavy atom. The van der Waals surface area contributed by atoms with Gasteiger partial charge in [0.15, 0.2) is 0 Å². The second kappa shape index (κ2) is 7.62. The fourth-order valence-electron chi connectivity index (χ4n) is 4.83. The normalized spacial score (nSPS) is 22.8. The van der Waals surface area contributed by atoms with Gasteiger partial charge in [0, 0.05) is 23.3 Å². The van der Waals surface area contributed by atoms with E-state index in [0.717, 1.165) is 47.7 Å². The third kappa shape index (κ3) is 3.80. The number of rotatable bonds is 6. The van der Waals surface area contributed by atoms with Crippen molar-refractivity contribution in [3.8, 4) is 5.88 Å². The second-order valence-corrected chi connectivity index (χ2v) is 11.0. The number of fused-ring (bicyclic) bond motifs is 2. The minimum atomic E-state index is -0.480. The molecule has 0 unspecified atom stereocenters. The van der Waals surface area contributed by atoms with Crippen LogP contribution in [0.25, 0.3) is 10.8 Å². The summed E-state index contributed by atoms with van der Waals surface area (Å²) in [5.74, 6) is 1.98. The molecule has 3 aromatic rings. The van der Waals surface area contributed by atoms with E-state index in [9.17, 15) is 4.79 Å². The molecule has 6 rings (SSSR count). The first-order valence-electron chi connectivity index (χ1n) is 12.4. The number of pyridine rings is 3. The Balaban J connectivity index is 1.40. The van der Waals surface area contributed by atoms with Crippen LogP contribution >= 0.6 is 0 Å². The summed E-state index contributed by atoms with van der Waals surface area (Å²) < 4.78 is 11.6. The maximum absolute atomic E-state index is 12.4. The van der Waals surface area contributed by atoms with Gasteiger partial charge in [0.1, 0.15) is 23.8 Å². The number of ether oxygens (including phenoxy) is 2. The van der Waals surface area contributed by atoms with E-state index in [1.807, 2.05) is 33.0 Å². The summed E-state index contributed by atoms with van der Waals surface area (Å²) in [6, 6.07) is 5.55. The van der Waals surface area contributed by atoms with Crippen molar-refractivity contribution in [2.75, 3.05) is 5.32 Å². The van der Waals surface area contributed by atoms with Crippen LogP contribution in [0.5, 0.6) is 5.88 Å². The van der Waals surface area contributed by atoms with Crippen molar-refractivity contribution < 1.29 is 14.3 Å². The Morgan fingerprint density at radius 3 is 2.60 bits per heavy atom. The molecule has 3 N–H and O–H groups in total. The van der Waals surface area contributed by atoms with Crippen LogP contribution in [-0.4, -0.2) is 33.1 Å². The smallest absolute Gasteiger partial charge is 0.340 e. The van der Waals surface area contributed by atoms with E-state index in [1.165, 1.54) is 0 Å². The number of esters is 1. The van der Waals surface area contributed by atoms with Crippen LogP contribution in [0.1, 0.15) is 75.0 Å². The Morgan fingerprint density at radius 2 is 1.89 bits per heavy atom. The monoisotopic (exact) mass is 473 g/mol. The highest BCUT2D eigenvalue weighted by atomic mass is 16.5. The molecule has 3 aliphatic rings. The van der Waals surface area contributed by atoms with Crippen molar-refractivity contribution in [3.63, 3.8) is 0 Å². The molecule has 0 radical (unpaired) electrons. The van der Waals surface area contributed by atoms with Gasteiger partial charge in [-0.3, -0.25) is 0 Å². The topological polar surface area (TPSA) is 112 Å². The largest absolute Gasteiger partial charge is 0.474 e. The minimum Gasteiger partial charge on any atom is -0.474 e. The van der Waals surface area contributed by atoms with E-state index in [4.69, 9.17) is 20.2 Å². The van der Waals surface area contributed by atoms with Gasteiger partial charge in [0.2, 0.25) is 5.88 Å². The summed E-state index contributed by atoms with van der Waals surface area (Å²) in [5, 5.41) is 5.19. The molecular weight excluding hydrogens is 442 g/mol. The molecule has 0 bridgehead atoms. The van der Waals surface area contributed by atoms with Crippen molar-refractivity contribution in [2.45, 2.75) is 76.5 Å². The first kappa shape index (κ1) is 22.2. The van der Waals surface area contributed by atoms with E-state index >= 15 is 0 Å². The Bertz CT molecular complexity index is 1340. The van der Waals surface area contributed by atoms with Crippen LogP contribution in [0.3, 0.4) is 0 Å². The molecule has 2 fully saturated rings. The van der Waals surface area contributed by atoms with Gasteiger partial charge in [-0.2, -0.15) is 0 Å². The van der Waals surface area contributed by atoms with Crippen LogP contribution in [0.4, 0.5) is 11.6 Å². The molecule has 0 saturated heterocycles. The van der Waals surface area contributed by atoms with Crippen molar-refractivity contribution in [1.29, 1.82) is 0 Å². The number of aromatic nitrogens is 3. The van der Waals surface area contributed by atoms with Gasteiger partial charge >= 0.3 is 5.97 Å². The summed E-state index contributed by atoms with van der Waals surface area (Å²) in [7, 11) is 0. The predicted octanol–water partition coefficient (Wildman–Crippen LogP) is 4.73. The molecule has 0 spiro atoms. The number of nitrogens with one attached hydrogen (secondary N) is 1. The number of anilines is 2. The lowest BCUT2D eigenvalue weighted by molar-refractivity contribution is 0.00864. The van der Waals surface area contributed by atoms with Crippen molar-refractivity contribution in [1.82, 2.24) is 15.0 Å². The lowest BCUT2D eigenvalue weighted by Crippen LogP contribution is -2.42. The van der Waals surface area contributed by atoms with Crippen molar-refractivity contribution in [2.24, 2.45) is 11.7 Å². The molecule has 0 aromatic carbocycles. The van der Waals surface area contributed by atoms with Gasteiger partial charge in [-0.1, -0.05) is 13.8 Å². The molecule has 0 amide bonds. The van der Waals surface area contributed by atoms with Gasteiger partial charge in [-0.05, 0) is 74.6 Å². The average Bonchev–Trinajstić information content (AvgIpc) is 3.72. The zero-order valence-electron chi connectivity index (χ0n) is 20.6. The number of cyclic esters (lactones) is 1. The van der Waals surface area contributed by atoms with Crippen LogP contribution < -0.4 is 15.8 Å². The van der Waals surface area contributed by atoms with E-state index in [1.54, 1.807) is 18.3 Å². The number of hydrogen-bond acceptors (Lipinski definition) is 8. The summed E-state index contributed by atoms with van der Waals surface area (Å²) in [5.41, 5.74) is 8.17. The standard InChI is InChI=1S/C27H31N5O3/c1-14-26(2,3)23-17(25(33)34-14)9-10-21(32-23)31-22-11-18-19(12-29-22)24(35-16-7-8-16)30-13-20(18)27(4,28)15-5-6-15/h9-16H,5-8,28H2,1-4H3,(H,29,31,32)/t14-,27+/m0/s1. The SMILES string of the molecule is C[C@@H]1OC(=O)c2ccc(Nc3cc4c([C@](C)(N)C5CC5)cnc(OC5CC5)c4cn3)nc2C1(C)C. The van der Waals surface area contributed by atoms with Crippen molar-refractivity contribution >= 4 is 28.4 Å². The summed E-state index contributed by atoms with van der Waals surface area (Å²) in [6.07, 6.45) is 8.00. The summed E-state index contributed by atoms with van der Waals surface area (Å²) in [4.78, 5) is 26.5. The molecular formula is C27H31N5O3. The highest BCUT2D eigenvalue weighted by molar-refractivity contribution is 5.93. The first-order valence-corrected chi connectivity index (χ1v) is 12.4. The summed E-state index contributed by atoms with van der Waals surface area (Å²) >= 11 is 0. The number of hydrogen-bond donors (Lipinski definition) is 2. The fourth-order valence-corrected chi connectivity index (χ4v) is 4.83. The highest BCUT2D eigenvalue weighted by Gasteiger charge is 2.42. The third-order valence-corrected chi connectivity index (χ3v) is 7.83. The van der Waals surface area contributed by atoms with Gasteiger partial charge in [0.05, 0.1) is 16.6 Å². The van der Waals surface area contributed by atoms with E-state index < -0.39 is 11.0 Å². The Labute approximate surface area is 204 Å². The van der Waals surface area contributed by atoms with Gasteiger partial charge < -0.3 is 20.5 Å². The van der Waals surface area contributed by atoms with Gasteiger partial charge in [0.25, 0.3) is 0 Å². The zero-order chi connectivity index (χ0) is 24.5. The predicted molar refractivity (Wildman–Crippen MR) is 133 cm³/mol. The number of nitrogens with two attached hydrogens (primary N) is 1. The lowest BCUT2D eigenvalue weighted by Gasteiger charge is -2.36. The first-order chi connectivity index (χ1) is 16.6.